The molecule has 0 saturated carbocycles. The first-order valence-electron chi connectivity index (χ1n) is 10.0. The van der Waals surface area contributed by atoms with Crippen molar-refractivity contribution < 1.29 is 14.1 Å². The van der Waals surface area contributed by atoms with Gasteiger partial charge in [-0.1, -0.05) is 30.3 Å². The second-order valence-corrected chi connectivity index (χ2v) is 7.30. The Bertz CT molecular complexity index is 1090. The van der Waals surface area contributed by atoms with Gasteiger partial charge in [-0.3, -0.25) is 14.9 Å². The monoisotopic (exact) mass is 420 g/mol. The van der Waals surface area contributed by atoms with Gasteiger partial charge in [0.05, 0.1) is 4.92 Å². The van der Waals surface area contributed by atoms with E-state index in [1.165, 1.54) is 30.3 Å². The molecule has 0 N–H and O–H groups in total. The van der Waals surface area contributed by atoms with Crippen molar-refractivity contribution in [1.82, 2.24) is 9.88 Å². The molecule has 0 aliphatic carbocycles. The summed E-state index contributed by atoms with van der Waals surface area (Å²) in [7, 11) is 0. The highest BCUT2D eigenvalue weighted by molar-refractivity contribution is 5.94. The third-order valence-electron chi connectivity index (χ3n) is 5.30. The Morgan fingerprint density at radius 2 is 1.68 bits per heavy atom. The SMILES string of the molecule is O=C(c1ccc(F)cc1)N1CCCN(c2ccc([N+](=O)[O-])c(-c3ccccc3)n2)CC1. The summed E-state index contributed by atoms with van der Waals surface area (Å²) in [6.07, 6.45) is 0.728. The maximum absolute atomic E-state index is 13.1. The lowest BCUT2D eigenvalue weighted by Crippen LogP contribution is -2.35. The minimum Gasteiger partial charge on any atom is -0.355 e. The van der Waals surface area contributed by atoms with Crippen LogP contribution in [0.2, 0.25) is 0 Å². The van der Waals surface area contributed by atoms with Gasteiger partial charge in [-0.05, 0) is 36.8 Å². The number of benzene rings is 2. The number of hydrogen-bond acceptors (Lipinski definition) is 5. The van der Waals surface area contributed by atoms with Crippen molar-refractivity contribution in [3.8, 4) is 11.3 Å². The molecule has 158 valence electrons. The van der Waals surface area contributed by atoms with Crippen molar-refractivity contribution in [2.45, 2.75) is 6.42 Å². The molecule has 1 aliphatic rings. The summed E-state index contributed by atoms with van der Waals surface area (Å²) in [6.45, 7) is 2.28. The molecule has 8 heteroatoms. The van der Waals surface area contributed by atoms with Gasteiger partial charge < -0.3 is 9.80 Å². The Hall–Kier alpha value is -3.81. The van der Waals surface area contributed by atoms with Crippen LogP contribution in [0.25, 0.3) is 11.3 Å². The van der Waals surface area contributed by atoms with Gasteiger partial charge in [0.1, 0.15) is 11.6 Å². The summed E-state index contributed by atoms with van der Waals surface area (Å²) in [5.74, 6) is 0.126. The number of aromatic nitrogens is 1. The number of halogens is 1. The molecule has 1 aliphatic heterocycles. The quantitative estimate of drug-likeness (QED) is 0.468. The van der Waals surface area contributed by atoms with Gasteiger partial charge in [-0.2, -0.15) is 0 Å². The number of anilines is 1. The third-order valence-corrected chi connectivity index (χ3v) is 5.30. The Kier molecular flexibility index (Phi) is 5.88. The van der Waals surface area contributed by atoms with Gasteiger partial charge in [0.2, 0.25) is 0 Å². The van der Waals surface area contributed by atoms with E-state index in [2.05, 4.69) is 4.98 Å². The van der Waals surface area contributed by atoms with E-state index in [1.54, 1.807) is 23.1 Å². The predicted octanol–water partition coefficient (Wildman–Crippen LogP) is 4.15. The molecule has 2 aromatic carbocycles. The Balaban J connectivity index is 1.55. The molecule has 1 fully saturated rings. The van der Waals surface area contributed by atoms with Crippen LogP contribution in [-0.2, 0) is 0 Å². The maximum Gasteiger partial charge on any atom is 0.295 e. The zero-order valence-electron chi connectivity index (χ0n) is 16.8. The van der Waals surface area contributed by atoms with Crippen LogP contribution in [-0.4, -0.2) is 46.9 Å². The van der Waals surface area contributed by atoms with Crippen LogP contribution in [0.5, 0.6) is 0 Å². The van der Waals surface area contributed by atoms with E-state index in [0.717, 1.165) is 6.42 Å². The van der Waals surface area contributed by atoms with Crippen molar-refractivity contribution >= 4 is 17.4 Å². The largest absolute Gasteiger partial charge is 0.355 e. The summed E-state index contributed by atoms with van der Waals surface area (Å²) >= 11 is 0. The fourth-order valence-electron chi connectivity index (χ4n) is 3.70. The van der Waals surface area contributed by atoms with E-state index in [0.29, 0.717) is 48.8 Å². The average molecular weight is 420 g/mol. The molecule has 7 nitrogen and oxygen atoms in total. The number of amides is 1. The Labute approximate surface area is 178 Å². The molecule has 0 bridgehead atoms. The molecule has 1 aromatic heterocycles. The first kappa shape index (κ1) is 20.5. The summed E-state index contributed by atoms with van der Waals surface area (Å²) in [4.78, 5) is 32.2. The number of nitro groups is 1. The van der Waals surface area contributed by atoms with E-state index in [4.69, 9.17) is 0 Å². The van der Waals surface area contributed by atoms with Crippen LogP contribution in [0.4, 0.5) is 15.9 Å². The second kappa shape index (κ2) is 8.91. The summed E-state index contributed by atoms with van der Waals surface area (Å²) < 4.78 is 13.1. The van der Waals surface area contributed by atoms with Crippen molar-refractivity contribution in [3.05, 3.63) is 88.2 Å². The third kappa shape index (κ3) is 4.53. The number of rotatable bonds is 4. The molecular weight excluding hydrogens is 399 g/mol. The highest BCUT2D eigenvalue weighted by Gasteiger charge is 2.23. The number of hydrogen-bond donors (Lipinski definition) is 0. The summed E-state index contributed by atoms with van der Waals surface area (Å²) in [5.41, 5.74) is 1.41. The molecule has 2 heterocycles. The van der Waals surface area contributed by atoms with Crippen LogP contribution in [0.15, 0.2) is 66.7 Å². The van der Waals surface area contributed by atoms with E-state index in [-0.39, 0.29) is 17.4 Å². The zero-order chi connectivity index (χ0) is 21.8. The Morgan fingerprint density at radius 1 is 0.935 bits per heavy atom. The highest BCUT2D eigenvalue weighted by Crippen LogP contribution is 2.30. The fraction of sp³-hybridized carbons (Fsp3) is 0.217. The molecular formula is C23H21FN4O3. The van der Waals surface area contributed by atoms with Crippen LogP contribution in [0.3, 0.4) is 0 Å². The molecule has 3 aromatic rings. The first-order valence-corrected chi connectivity index (χ1v) is 10.0. The molecule has 31 heavy (non-hydrogen) atoms. The maximum atomic E-state index is 13.1. The number of nitrogens with zero attached hydrogens (tertiary/aromatic N) is 4. The minimum atomic E-state index is -0.426. The van der Waals surface area contributed by atoms with Gasteiger partial charge in [0, 0.05) is 43.4 Å². The van der Waals surface area contributed by atoms with E-state index < -0.39 is 4.92 Å². The van der Waals surface area contributed by atoms with E-state index in [9.17, 15) is 19.3 Å². The summed E-state index contributed by atoms with van der Waals surface area (Å²) in [5, 5.41) is 11.5. The molecule has 0 atom stereocenters. The standard InChI is InChI=1S/C23H21FN4O3/c24-19-9-7-18(8-10-19)23(29)27-14-4-13-26(15-16-27)21-12-11-20(28(30)31)22(25-21)17-5-2-1-3-6-17/h1-3,5-12H,4,13-16H2. The number of pyridine rings is 1. The Morgan fingerprint density at radius 3 is 2.39 bits per heavy atom. The van der Waals surface area contributed by atoms with E-state index >= 15 is 0 Å². The molecule has 4 rings (SSSR count). The van der Waals surface area contributed by atoms with Crippen LogP contribution in [0.1, 0.15) is 16.8 Å². The lowest BCUT2D eigenvalue weighted by molar-refractivity contribution is -0.384. The topological polar surface area (TPSA) is 79.6 Å². The first-order chi connectivity index (χ1) is 15.0. The molecule has 0 radical (unpaired) electrons. The van der Waals surface area contributed by atoms with Gasteiger partial charge in [0.15, 0.2) is 5.69 Å². The van der Waals surface area contributed by atoms with Gasteiger partial charge in [-0.25, -0.2) is 9.37 Å². The second-order valence-electron chi connectivity index (χ2n) is 7.30. The lowest BCUT2D eigenvalue weighted by Gasteiger charge is -2.23. The van der Waals surface area contributed by atoms with Gasteiger partial charge in [-0.15, -0.1) is 0 Å². The van der Waals surface area contributed by atoms with Crippen molar-refractivity contribution in [2.24, 2.45) is 0 Å². The van der Waals surface area contributed by atoms with E-state index in [1.807, 2.05) is 23.1 Å². The van der Waals surface area contributed by atoms with Crippen molar-refractivity contribution in [2.75, 3.05) is 31.1 Å². The number of carbonyl (C=O) groups is 1. The molecule has 0 unspecified atom stereocenters. The fourth-order valence-corrected chi connectivity index (χ4v) is 3.70. The molecule has 0 spiro atoms. The molecule has 1 saturated heterocycles. The van der Waals surface area contributed by atoms with Crippen molar-refractivity contribution in [1.29, 1.82) is 0 Å². The smallest absolute Gasteiger partial charge is 0.295 e. The average Bonchev–Trinajstić information content (AvgIpc) is 3.05. The number of carbonyl (C=O) groups excluding carboxylic acids is 1. The summed E-state index contributed by atoms with van der Waals surface area (Å²) in [6, 6.07) is 17.8. The zero-order valence-corrected chi connectivity index (χ0v) is 16.8. The van der Waals surface area contributed by atoms with Crippen LogP contribution in [0, 0.1) is 15.9 Å². The molecule has 1 amide bonds. The van der Waals surface area contributed by atoms with Crippen molar-refractivity contribution in [3.63, 3.8) is 0 Å². The lowest BCUT2D eigenvalue weighted by atomic mass is 10.1. The predicted molar refractivity (Wildman–Crippen MR) is 115 cm³/mol. The minimum absolute atomic E-state index is 0.0436. The van der Waals surface area contributed by atoms with Crippen LogP contribution < -0.4 is 4.90 Å². The van der Waals surface area contributed by atoms with Gasteiger partial charge >= 0.3 is 0 Å². The van der Waals surface area contributed by atoms with Gasteiger partial charge in [0.25, 0.3) is 11.6 Å². The normalized spacial score (nSPS) is 14.2. The highest BCUT2D eigenvalue weighted by atomic mass is 19.1. The van der Waals surface area contributed by atoms with Crippen LogP contribution >= 0.6 is 0 Å².